The molecule has 1 saturated heterocycles. The highest BCUT2D eigenvalue weighted by Crippen LogP contribution is 2.37. The first-order chi connectivity index (χ1) is 19.9. The number of hydrogen-bond acceptors (Lipinski definition) is 5. The van der Waals surface area contributed by atoms with Gasteiger partial charge in [-0.1, -0.05) is 54.6 Å². The van der Waals surface area contributed by atoms with E-state index in [1.807, 2.05) is 53.4 Å². The Morgan fingerprint density at radius 1 is 0.927 bits per heavy atom. The molecule has 0 bridgehead atoms. The van der Waals surface area contributed by atoms with Gasteiger partial charge >= 0.3 is 5.97 Å². The lowest BCUT2D eigenvalue weighted by molar-refractivity contribution is -0.140. The topological polar surface area (TPSA) is 70.2 Å². The Kier molecular flexibility index (Phi) is 8.47. The van der Waals surface area contributed by atoms with Gasteiger partial charge in [0, 0.05) is 49.8 Å². The molecular formula is C33H34FN3O4. The monoisotopic (exact) mass is 555 g/mol. The molecule has 5 rings (SSSR count). The van der Waals surface area contributed by atoms with Gasteiger partial charge in [0.05, 0.1) is 24.4 Å². The van der Waals surface area contributed by atoms with Crippen LogP contribution < -0.4 is 4.90 Å². The number of carbonyl (C=O) groups is 3. The maximum absolute atomic E-state index is 14.2. The highest BCUT2D eigenvalue weighted by atomic mass is 19.1. The van der Waals surface area contributed by atoms with Gasteiger partial charge in [0.1, 0.15) is 5.82 Å². The fourth-order valence-electron chi connectivity index (χ4n) is 5.67. The maximum Gasteiger partial charge on any atom is 0.336 e. The lowest BCUT2D eigenvalue weighted by Gasteiger charge is -2.36. The summed E-state index contributed by atoms with van der Waals surface area (Å²) in [6, 6.07) is 23.5. The van der Waals surface area contributed by atoms with Gasteiger partial charge in [-0.2, -0.15) is 0 Å². The van der Waals surface area contributed by atoms with Gasteiger partial charge in [-0.15, -0.1) is 0 Å². The van der Waals surface area contributed by atoms with Crippen molar-refractivity contribution in [2.24, 2.45) is 0 Å². The van der Waals surface area contributed by atoms with Crippen LogP contribution in [0.4, 0.5) is 10.1 Å². The molecule has 3 aromatic carbocycles. The number of halogens is 1. The number of para-hydroxylation sites is 1. The molecule has 0 aliphatic carbocycles. The number of esters is 1. The quantitative estimate of drug-likeness (QED) is 0.378. The third-order valence-electron chi connectivity index (χ3n) is 7.79. The van der Waals surface area contributed by atoms with Crippen molar-refractivity contribution in [2.45, 2.75) is 32.7 Å². The van der Waals surface area contributed by atoms with Crippen molar-refractivity contribution in [1.29, 1.82) is 0 Å². The molecule has 0 aromatic heterocycles. The zero-order valence-corrected chi connectivity index (χ0v) is 23.4. The number of anilines is 1. The number of amides is 2. The predicted molar refractivity (Wildman–Crippen MR) is 155 cm³/mol. The molecule has 8 heteroatoms. The second-order valence-corrected chi connectivity index (χ2v) is 10.3. The first kappa shape index (κ1) is 28.1. The number of benzene rings is 3. The van der Waals surface area contributed by atoms with Crippen molar-refractivity contribution < 1.29 is 23.5 Å². The standard InChI is InChI=1S/C33H34FN3O4/c1-3-41-33(40)31-23(2)37(30(38)21-27(31)25-11-5-4-6-12-25)22-24-10-9-13-26(20-24)32(39)36-18-16-35(17-19-36)29-15-8-7-14-28(29)34/h4-15,20,27H,3,16-19,21-22H2,1-2H3. The summed E-state index contributed by atoms with van der Waals surface area (Å²) < 4.78 is 19.6. The summed E-state index contributed by atoms with van der Waals surface area (Å²) in [7, 11) is 0. The fourth-order valence-corrected chi connectivity index (χ4v) is 5.67. The summed E-state index contributed by atoms with van der Waals surface area (Å²) in [6.07, 6.45) is 0.153. The van der Waals surface area contributed by atoms with E-state index in [-0.39, 0.29) is 43.1 Å². The van der Waals surface area contributed by atoms with Crippen LogP contribution in [0, 0.1) is 5.82 Å². The van der Waals surface area contributed by atoms with Crippen molar-refractivity contribution >= 4 is 23.5 Å². The largest absolute Gasteiger partial charge is 0.463 e. The lowest BCUT2D eigenvalue weighted by Crippen LogP contribution is -2.49. The molecule has 0 spiro atoms. The Bertz CT molecular complexity index is 1460. The highest BCUT2D eigenvalue weighted by Gasteiger charge is 2.37. The summed E-state index contributed by atoms with van der Waals surface area (Å²) in [5.74, 6) is -1.26. The smallest absolute Gasteiger partial charge is 0.336 e. The molecule has 2 amide bonds. The van der Waals surface area contributed by atoms with Gasteiger partial charge in [0.25, 0.3) is 5.91 Å². The number of rotatable bonds is 7. The molecule has 1 unspecified atom stereocenters. The van der Waals surface area contributed by atoms with Gasteiger partial charge in [-0.3, -0.25) is 9.59 Å². The van der Waals surface area contributed by atoms with Crippen molar-refractivity contribution in [2.75, 3.05) is 37.7 Å². The Hall–Kier alpha value is -4.46. The molecule has 41 heavy (non-hydrogen) atoms. The van der Waals surface area contributed by atoms with E-state index in [1.54, 1.807) is 47.9 Å². The van der Waals surface area contributed by atoms with E-state index in [9.17, 15) is 18.8 Å². The van der Waals surface area contributed by atoms with Crippen LogP contribution in [0.15, 0.2) is 90.1 Å². The van der Waals surface area contributed by atoms with Gasteiger partial charge in [-0.05, 0) is 49.2 Å². The van der Waals surface area contributed by atoms with Gasteiger partial charge in [-0.25, -0.2) is 9.18 Å². The number of hydrogen-bond donors (Lipinski definition) is 0. The van der Waals surface area contributed by atoms with Crippen LogP contribution in [-0.2, 0) is 20.9 Å². The first-order valence-electron chi connectivity index (χ1n) is 14.0. The predicted octanol–water partition coefficient (Wildman–Crippen LogP) is 5.14. The van der Waals surface area contributed by atoms with Crippen molar-refractivity contribution in [3.05, 3.63) is 113 Å². The van der Waals surface area contributed by atoms with Crippen LogP contribution >= 0.6 is 0 Å². The van der Waals surface area contributed by atoms with E-state index in [2.05, 4.69) is 0 Å². The van der Waals surface area contributed by atoms with E-state index in [0.29, 0.717) is 48.7 Å². The number of allylic oxidation sites excluding steroid dienone is 1. The van der Waals surface area contributed by atoms with Crippen LogP contribution in [0.2, 0.25) is 0 Å². The van der Waals surface area contributed by atoms with E-state index in [0.717, 1.165) is 11.1 Å². The van der Waals surface area contributed by atoms with E-state index in [4.69, 9.17) is 4.74 Å². The Balaban J connectivity index is 1.33. The van der Waals surface area contributed by atoms with E-state index < -0.39 is 5.97 Å². The summed E-state index contributed by atoms with van der Waals surface area (Å²) in [5, 5.41) is 0. The van der Waals surface area contributed by atoms with E-state index in [1.165, 1.54) is 6.07 Å². The molecule has 1 atom stereocenters. The molecule has 3 aromatic rings. The van der Waals surface area contributed by atoms with Crippen molar-refractivity contribution in [3.8, 4) is 0 Å². The molecule has 0 saturated carbocycles. The number of nitrogens with zero attached hydrogens (tertiary/aromatic N) is 3. The Morgan fingerprint density at radius 2 is 1.63 bits per heavy atom. The SMILES string of the molecule is CCOC(=O)C1=C(C)N(Cc2cccc(C(=O)N3CCN(c4ccccc4F)CC3)c2)C(=O)CC1c1ccccc1. The van der Waals surface area contributed by atoms with Crippen LogP contribution in [0.25, 0.3) is 0 Å². The second-order valence-electron chi connectivity index (χ2n) is 10.3. The number of piperazine rings is 1. The minimum atomic E-state index is -0.421. The lowest BCUT2D eigenvalue weighted by atomic mass is 9.83. The first-order valence-corrected chi connectivity index (χ1v) is 14.0. The fraction of sp³-hybridized carbons (Fsp3) is 0.303. The minimum Gasteiger partial charge on any atom is -0.463 e. The summed E-state index contributed by atoms with van der Waals surface area (Å²) in [4.78, 5) is 45.2. The normalized spacial score (nSPS) is 17.6. The van der Waals surface area contributed by atoms with Crippen LogP contribution in [0.5, 0.6) is 0 Å². The van der Waals surface area contributed by atoms with Crippen molar-refractivity contribution in [1.82, 2.24) is 9.80 Å². The Labute approximate surface area is 239 Å². The second kappa shape index (κ2) is 12.4. The summed E-state index contributed by atoms with van der Waals surface area (Å²) in [6.45, 7) is 6.06. The van der Waals surface area contributed by atoms with Crippen LogP contribution in [0.3, 0.4) is 0 Å². The third-order valence-corrected chi connectivity index (χ3v) is 7.79. The molecule has 2 aliphatic rings. The Morgan fingerprint density at radius 3 is 2.34 bits per heavy atom. The van der Waals surface area contributed by atoms with E-state index >= 15 is 0 Å². The minimum absolute atomic E-state index is 0.0922. The molecule has 1 fully saturated rings. The van der Waals surface area contributed by atoms with Gasteiger partial charge in [0.2, 0.25) is 5.91 Å². The maximum atomic E-state index is 14.2. The summed E-state index contributed by atoms with van der Waals surface area (Å²) in [5.41, 5.74) is 3.81. The van der Waals surface area contributed by atoms with Gasteiger partial charge < -0.3 is 19.4 Å². The average molecular weight is 556 g/mol. The molecule has 0 N–H and O–H groups in total. The van der Waals surface area contributed by atoms with Crippen molar-refractivity contribution in [3.63, 3.8) is 0 Å². The number of carbonyl (C=O) groups excluding carboxylic acids is 3. The third kappa shape index (κ3) is 6.01. The van der Waals surface area contributed by atoms with Gasteiger partial charge in [0.15, 0.2) is 0 Å². The van der Waals surface area contributed by atoms with Crippen LogP contribution in [0.1, 0.15) is 47.7 Å². The van der Waals surface area contributed by atoms with Crippen LogP contribution in [-0.4, -0.2) is 60.4 Å². The summed E-state index contributed by atoms with van der Waals surface area (Å²) >= 11 is 0. The number of ether oxygens (including phenoxy) is 1. The molecule has 212 valence electrons. The molecule has 2 aliphatic heterocycles. The molecule has 0 radical (unpaired) electrons. The zero-order valence-electron chi connectivity index (χ0n) is 23.4. The molecule has 7 nitrogen and oxygen atoms in total. The highest BCUT2D eigenvalue weighted by molar-refractivity contribution is 5.96. The zero-order chi connectivity index (χ0) is 28.9. The molecule has 2 heterocycles. The molecular weight excluding hydrogens is 521 g/mol. The average Bonchev–Trinajstić information content (AvgIpc) is 2.99.